The lowest BCUT2D eigenvalue weighted by Gasteiger charge is -2.38. The van der Waals surface area contributed by atoms with Gasteiger partial charge in [0.2, 0.25) is 0 Å². The molecule has 3 nitrogen and oxygen atoms in total. The van der Waals surface area contributed by atoms with E-state index < -0.39 is 0 Å². The van der Waals surface area contributed by atoms with Crippen molar-refractivity contribution in [2.24, 2.45) is 5.92 Å². The van der Waals surface area contributed by atoms with Crippen molar-refractivity contribution in [2.45, 2.75) is 18.4 Å². The van der Waals surface area contributed by atoms with Crippen LogP contribution in [-0.2, 0) is 4.74 Å². The summed E-state index contributed by atoms with van der Waals surface area (Å²) in [5, 5.41) is 4.42. The first-order valence-corrected chi connectivity index (χ1v) is 8.46. The van der Waals surface area contributed by atoms with Crippen molar-refractivity contribution in [3.8, 4) is 0 Å². The van der Waals surface area contributed by atoms with Crippen LogP contribution in [0.2, 0.25) is 5.02 Å². The molecule has 0 saturated heterocycles. The fraction of sp³-hybridized carbons (Fsp3) is 0.250. The van der Waals surface area contributed by atoms with Crippen molar-refractivity contribution in [3.63, 3.8) is 0 Å². The van der Waals surface area contributed by atoms with E-state index in [-0.39, 0.29) is 17.9 Å². The first kappa shape index (κ1) is 15.3. The molecule has 3 atom stereocenters. The van der Waals surface area contributed by atoms with E-state index in [4.69, 9.17) is 16.3 Å². The summed E-state index contributed by atoms with van der Waals surface area (Å²) in [6.07, 6.45) is 5.46. The number of esters is 1. The number of nitrogens with one attached hydrogen (secondary N) is 1. The van der Waals surface area contributed by atoms with E-state index in [0.29, 0.717) is 11.5 Å². The minimum Gasteiger partial charge on any atom is -0.465 e. The van der Waals surface area contributed by atoms with Crippen molar-refractivity contribution < 1.29 is 9.53 Å². The Hall–Kier alpha value is -2.26. The zero-order valence-electron chi connectivity index (χ0n) is 13.3. The Labute approximate surface area is 146 Å². The van der Waals surface area contributed by atoms with Crippen molar-refractivity contribution in [1.29, 1.82) is 0 Å². The molecular weight excluding hydrogens is 322 g/mol. The van der Waals surface area contributed by atoms with Crippen molar-refractivity contribution in [3.05, 3.63) is 76.3 Å². The molecule has 0 radical (unpaired) electrons. The van der Waals surface area contributed by atoms with Crippen LogP contribution in [0.3, 0.4) is 0 Å². The van der Waals surface area contributed by atoms with E-state index in [1.165, 1.54) is 7.11 Å². The first-order valence-electron chi connectivity index (χ1n) is 8.09. The Kier molecular flexibility index (Phi) is 3.81. The molecule has 24 heavy (non-hydrogen) atoms. The van der Waals surface area contributed by atoms with Gasteiger partial charge in [-0.3, -0.25) is 0 Å². The number of hydrogen-bond acceptors (Lipinski definition) is 3. The fourth-order valence-electron chi connectivity index (χ4n) is 3.87. The van der Waals surface area contributed by atoms with Crippen molar-refractivity contribution >= 4 is 23.3 Å². The van der Waals surface area contributed by atoms with Crippen LogP contribution in [0.15, 0.2) is 54.6 Å². The van der Waals surface area contributed by atoms with Gasteiger partial charge in [-0.05, 0) is 47.7 Å². The number of halogens is 1. The van der Waals surface area contributed by atoms with Crippen LogP contribution in [0.4, 0.5) is 5.69 Å². The number of ether oxygens (including phenoxy) is 1. The average molecular weight is 340 g/mol. The summed E-state index contributed by atoms with van der Waals surface area (Å²) >= 11 is 6.44. The molecule has 0 fully saturated rings. The van der Waals surface area contributed by atoms with Crippen LogP contribution < -0.4 is 5.32 Å². The predicted octanol–water partition coefficient (Wildman–Crippen LogP) is 4.95. The van der Waals surface area contributed by atoms with E-state index >= 15 is 0 Å². The second kappa shape index (κ2) is 5.99. The topological polar surface area (TPSA) is 38.3 Å². The van der Waals surface area contributed by atoms with Gasteiger partial charge in [0.15, 0.2) is 0 Å². The molecule has 1 N–H and O–H groups in total. The number of carbonyl (C=O) groups is 1. The predicted molar refractivity (Wildman–Crippen MR) is 95.6 cm³/mol. The summed E-state index contributed by atoms with van der Waals surface area (Å²) in [7, 11) is 1.41. The van der Waals surface area contributed by atoms with E-state index in [2.05, 4.69) is 23.5 Å². The summed E-state index contributed by atoms with van der Waals surface area (Å²) in [6.45, 7) is 0. The van der Waals surface area contributed by atoms with E-state index in [1.807, 2.05) is 30.3 Å². The molecule has 1 aliphatic heterocycles. The molecule has 1 aliphatic carbocycles. The maximum absolute atomic E-state index is 11.8. The maximum Gasteiger partial charge on any atom is 0.337 e. The number of methoxy groups -OCH3 is 1. The lowest BCUT2D eigenvalue weighted by molar-refractivity contribution is 0.0600. The number of anilines is 1. The van der Waals surface area contributed by atoms with Gasteiger partial charge in [0.25, 0.3) is 0 Å². The fourth-order valence-corrected chi connectivity index (χ4v) is 4.13. The number of allylic oxidation sites excluding steroid dienone is 2. The molecule has 1 heterocycles. The zero-order valence-corrected chi connectivity index (χ0v) is 14.1. The summed E-state index contributed by atoms with van der Waals surface area (Å²) in [5.41, 5.74) is 3.93. The Morgan fingerprint density at radius 3 is 2.83 bits per heavy atom. The third-order valence-corrected chi connectivity index (χ3v) is 5.37. The highest BCUT2D eigenvalue weighted by molar-refractivity contribution is 6.31. The van der Waals surface area contributed by atoms with Crippen LogP contribution in [0.25, 0.3) is 0 Å². The second-order valence-electron chi connectivity index (χ2n) is 6.29. The highest BCUT2D eigenvalue weighted by Crippen LogP contribution is 2.50. The molecule has 0 amide bonds. The SMILES string of the molecule is COC(=O)c1ccc2c(c1)C1C=CCC1C(c1ccccc1Cl)N2. The highest BCUT2D eigenvalue weighted by atomic mass is 35.5. The molecule has 0 saturated carbocycles. The smallest absolute Gasteiger partial charge is 0.337 e. The van der Waals surface area contributed by atoms with Gasteiger partial charge in [-0.15, -0.1) is 0 Å². The maximum atomic E-state index is 11.8. The summed E-state index contributed by atoms with van der Waals surface area (Å²) in [6, 6.07) is 13.9. The highest BCUT2D eigenvalue weighted by Gasteiger charge is 2.38. The molecule has 4 rings (SSSR count). The number of carbonyl (C=O) groups excluding carboxylic acids is 1. The van der Waals surface area contributed by atoms with Gasteiger partial charge in [-0.1, -0.05) is 42.0 Å². The quantitative estimate of drug-likeness (QED) is 0.621. The van der Waals surface area contributed by atoms with Crippen molar-refractivity contribution in [1.82, 2.24) is 0 Å². The zero-order chi connectivity index (χ0) is 16.7. The molecule has 2 aromatic carbocycles. The third-order valence-electron chi connectivity index (χ3n) is 5.02. The van der Waals surface area contributed by atoms with Crippen LogP contribution in [0.5, 0.6) is 0 Å². The average Bonchev–Trinajstić information content (AvgIpc) is 3.10. The normalized spacial score (nSPS) is 24.0. The van der Waals surface area contributed by atoms with E-state index in [1.54, 1.807) is 6.07 Å². The largest absolute Gasteiger partial charge is 0.465 e. The molecule has 0 spiro atoms. The number of fused-ring (bicyclic) bond motifs is 3. The number of rotatable bonds is 2. The van der Waals surface area contributed by atoms with Crippen LogP contribution in [-0.4, -0.2) is 13.1 Å². The first-order chi connectivity index (χ1) is 11.7. The van der Waals surface area contributed by atoms with Gasteiger partial charge in [-0.2, -0.15) is 0 Å². The number of benzene rings is 2. The molecule has 4 heteroatoms. The monoisotopic (exact) mass is 339 g/mol. The summed E-state index contributed by atoms with van der Waals surface area (Å²) in [4.78, 5) is 11.8. The molecule has 122 valence electrons. The lowest BCUT2D eigenvalue weighted by atomic mass is 9.76. The molecule has 0 aromatic heterocycles. The minimum absolute atomic E-state index is 0.162. The van der Waals surface area contributed by atoms with Gasteiger partial charge in [0, 0.05) is 16.6 Å². The van der Waals surface area contributed by atoms with Crippen LogP contribution in [0, 0.1) is 5.92 Å². The van der Waals surface area contributed by atoms with Gasteiger partial charge < -0.3 is 10.1 Å². The van der Waals surface area contributed by atoms with Gasteiger partial charge >= 0.3 is 5.97 Å². The standard InChI is InChI=1S/C20H18ClNO2/c1-24-20(23)12-9-10-18-16(11-12)13-6-4-7-14(13)19(22-18)15-5-2-3-8-17(15)21/h2-6,8-11,13-14,19,22H,7H2,1H3. The Balaban J connectivity index is 1.78. The van der Waals surface area contributed by atoms with Gasteiger partial charge in [0.05, 0.1) is 18.7 Å². The van der Waals surface area contributed by atoms with Crippen LogP contribution in [0.1, 0.15) is 39.9 Å². The number of hydrogen-bond donors (Lipinski definition) is 1. The Morgan fingerprint density at radius 1 is 1.21 bits per heavy atom. The molecular formula is C20H18ClNO2. The summed E-state index contributed by atoms with van der Waals surface area (Å²) in [5.74, 6) is 0.377. The third kappa shape index (κ3) is 2.40. The van der Waals surface area contributed by atoms with Gasteiger partial charge in [0.1, 0.15) is 0 Å². The van der Waals surface area contributed by atoms with Crippen LogP contribution >= 0.6 is 11.6 Å². The molecule has 2 aliphatic rings. The van der Waals surface area contributed by atoms with E-state index in [9.17, 15) is 4.79 Å². The second-order valence-corrected chi connectivity index (χ2v) is 6.70. The minimum atomic E-state index is -0.301. The lowest BCUT2D eigenvalue weighted by Crippen LogP contribution is -2.29. The Bertz CT molecular complexity index is 830. The Morgan fingerprint density at radius 2 is 2.04 bits per heavy atom. The van der Waals surface area contributed by atoms with E-state index in [0.717, 1.165) is 28.3 Å². The molecule has 0 bridgehead atoms. The summed E-state index contributed by atoms with van der Waals surface area (Å²) < 4.78 is 4.85. The molecule has 2 aromatic rings. The van der Waals surface area contributed by atoms with Gasteiger partial charge in [-0.25, -0.2) is 4.79 Å². The van der Waals surface area contributed by atoms with Crippen molar-refractivity contribution in [2.75, 3.05) is 12.4 Å². The molecule has 3 unspecified atom stereocenters.